The van der Waals surface area contributed by atoms with Gasteiger partial charge < -0.3 is 10.4 Å². The number of halogens is 1. The molecule has 4 heteroatoms. The monoisotopic (exact) mass is 265 g/mol. The summed E-state index contributed by atoms with van der Waals surface area (Å²) in [5.74, 6) is -0.756. The molecular formula is C15H20FNO2. The van der Waals surface area contributed by atoms with Crippen molar-refractivity contribution in [2.75, 3.05) is 11.9 Å². The molecule has 1 aromatic rings. The van der Waals surface area contributed by atoms with Crippen LogP contribution in [-0.4, -0.2) is 17.6 Å². The van der Waals surface area contributed by atoms with E-state index in [9.17, 15) is 9.18 Å². The Morgan fingerprint density at radius 3 is 2.74 bits per heavy atom. The molecule has 0 bridgehead atoms. The van der Waals surface area contributed by atoms with Crippen molar-refractivity contribution in [1.29, 1.82) is 0 Å². The number of anilines is 1. The number of rotatable bonds is 6. The fourth-order valence-corrected chi connectivity index (χ4v) is 2.70. The van der Waals surface area contributed by atoms with E-state index in [0.29, 0.717) is 5.69 Å². The van der Waals surface area contributed by atoms with Gasteiger partial charge in [0.15, 0.2) is 0 Å². The third-order valence-electron chi connectivity index (χ3n) is 3.80. The largest absolute Gasteiger partial charge is 0.478 e. The molecule has 3 nitrogen and oxygen atoms in total. The number of aromatic carboxylic acids is 1. The first-order chi connectivity index (χ1) is 9.16. The summed E-state index contributed by atoms with van der Waals surface area (Å²) in [5, 5.41) is 11.8. The molecule has 0 saturated heterocycles. The Morgan fingerprint density at radius 1 is 1.37 bits per heavy atom. The average molecular weight is 265 g/mol. The van der Waals surface area contributed by atoms with Crippen molar-refractivity contribution in [3.63, 3.8) is 0 Å². The molecular weight excluding hydrogens is 245 g/mol. The first-order valence-electron chi connectivity index (χ1n) is 6.93. The molecule has 0 aromatic heterocycles. The zero-order valence-electron chi connectivity index (χ0n) is 11.0. The summed E-state index contributed by atoms with van der Waals surface area (Å²) in [6.45, 7) is 0.736. The highest BCUT2D eigenvalue weighted by Crippen LogP contribution is 2.28. The van der Waals surface area contributed by atoms with Crippen LogP contribution in [0.15, 0.2) is 18.2 Å². The summed E-state index contributed by atoms with van der Waals surface area (Å²) in [4.78, 5) is 10.7. The highest BCUT2D eigenvalue weighted by molar-refractivity contribution is 5.88. The van der Waals surface area contributed by atoms with Crippen molar-refractivity contribution in [1.82, 2.24) is 0 Å². The standard InChI is InChI=1S/C15H20FNO2/c16-13-10-12(15(18)19)7-8-14(13)17-9-3-6-11-4-1-2-5-11/h7-8,10-11,17H,1-6,9H2,(H,18,19). The molecule has 1 aliphatic rings. The maximum absolute atomic E-state index is 13.6. The Bertz CT molecular complexity index is 442. The number of carboxylic acids is 1. The Labute approximate surface area is 112 Å². The quantitative estimate of drug-likeness (QED) is 0.767. The lowest BCUT2D eigenvalue weighted by atomic mass is 10.0. The van der Waals surface area contributed by atoms with Gasteiger partial charge in [-0.3, -0.25) is 0 Å². The molecule has 19 heavy (non-hydrogen) atoms. The predicted molar refractivity (Wildman–Crippen MR) is 73.0 cm³/mol. The molecule has 1 fully saturated rings. The van der Waals surface area contributed by atoms with Crippen molar-refractivity contribution in [3.05, 3.63) is 29.6 Å². The second-order valence-electron chi connectivity index (χ2n) is 5.22. The van der Waals surface area contributed by atoms with E-state index < -0.39 is 11.8 Å². The fraction of sp³-hybridized carbons (Fsp3) is 0.533. The van der Waals surface area contributed by atoms with Gasteiger partial charge in [0, 0.05) is 6.54 Å². The van der Waals surface area contributed by atoms with Crippen LogP contribution < -0.4 is 5.32 Å². The molecule has 0 radical (unpaired) electrons. The van der Waals surface area contributed by atoms with Crippen LogP contribution in [0.3, 0.4) is 0 Å². The number of carboxylic acid groups (broad SMARTS) is 1. The van der Waals surface area contributed by atoms with E-state index in [0.717, 1.165) is 24.9 Å². The van der Waals surface area contributed by atoms with Gasteiger partial charge in [0.1, 0.15) is 5.82 Å². The van der Waals surface area contributed by atoms with Crippen LogP contribution in [0.25, 0.3) is 0 Å². The van der Waals surface area contributed by atoms with Gasteiger partial charge in [-0.1, -0.05) is 25.7 Å². The first kappa shape index (κ1) is 13.8. The maximum atomic E-state index is 13.6. The minimum Gasteiger partial charge on any atom is -0.478 e. The molecule has 0 unspecified atom stereocenters. The Hall–Kier alpha value is -1.58. The molecule has 0 amide bonds. The van der Waals surface area contributed by atoms with Gasteiger partial charge in [0.25, 0.3) is 0 Å². The van der Waals surface area contributed by atoms with Crippen molar-refractivity contribution in [2.45, 2.75) is 38.5 Å². The van der Waals surface area contributed by atoms with Crippen LogP contribution >= 0.6 is 0 Å². The molecule has 0 spiro atoms. The normalized spacial score (nSPS) is 15.6. The predicted octanol–water partition coefficient (Wildman–Crippen LogP) is 3.91. The zero-order valence-corrected chi connectivity index (χ0v) is 11.0. The fourth-order valence-electron chi connectivity index (χ4n) is 2.70. The van der Waals surface area contributed by atoms with E-state index in [1.165, 1.54) is 44.2 Å². The molecule has 1 saturated carbocycles. The van der Waals surface area contributed by atoms with Crippen molar-refractivity contribution >= 4 is 11.7 Å². The summed E-state index contributed by atoms with van der Waals surface area (Å²) in [5.41, 5.74) is 0.366. The van der Waals surface area contributed by atoms with E-state index in [1.54, 1.807) is 0 Å². The number of hydrogen-bond acceptors (Lipinski definition) is 2. The van der Waals surface area contributed by atoms with Crippen molar-refractivity contribution < 1.29 is 14.3 Å². The number of benzene rings is 1. The molecule has 2 N–H and O–H groups in total. The van der Waals surface area contributed by atoms with Crippen LogP contribution in [0.1, 0.15) is 48.9 Å². The van der Waals surface area contributed by atoms with E-state index in [-0.39, 0.29) is 5.56 Å². The van der Waals surface area contributed by atoms with Gasteiger partial charge in [-0.05, 0) is 37.0 Å². The summed E-state index contributed by atoms with van der Waals surface area (Å²) >= 11 is 0. The van der Waals surface area contributed by atoms with Gasteiger partial charge in [-0.15, -0.1) is 0 Å². The lowest BCUT2D eigenvalue weighted by Crippen LogP contribution is -2.06. The van der Waals surface area contributed by atoms with Crippen LogP contribution in [0.4, 0.5) is 10.1 Å². The van der Waals surface area contributed by atoms with E-state index in [2.05, 4.69) is 5.32 Å². The SMILES string of the molecule is O=C(O)c1ccc(NCCCC2CCCC2)c(F)c1. The minimum absolute atomic E-state index is 0.0194. The minimum atomic E-state index is -1.10. The Kier molecular flexibility index (Phi) is 4.77. The van der Waals surface area contributed by atoms with E-state index in [4.69, 9.17) is 5.11 Å². The Morgan fingerprint density at radius 2 is 2.11 bits per heavy atom. The van der Waals surface area contributed by atoms with Crippen LogP contribution in [-0.2, 0) is 0 Å². The smallest absolute Gasteiger partial charge is 0.335 e. The van der Waals surface area contributed by atoms with E-state index in [1.807, 2.05) is 0 Å². The molecule has 1 aromatic carbocycles. The topological polar surface area (TPSA) is 49.3 Å². The molecule has 0 heterocycles. The van der Waals surface area contributed by atoms with Gasteiger partial charge in [-0.2, -0.15) is 0 Å². The highest BCUT2D eigenvalue weighted by Gasteiger charge is 2.14. The summed E-state index contributed by atoms with van der Waals surface area (Å²) in [7, 11) is 0. The van der Waals surface area contributed by atoms with Crippen LogP contribution in [0.5, 0.6) is 0 Å². The highest BCUT2D eigenvalue weighted by atomic mass is 19.1. The summed E-state index contributed by atoms with van der Waals surface area (Å²) < 4.78 is 13.6. The number of carbonyl (C=O) groups is 1. The van der Waals surface area contributed by atoms with Gasteiger partial charge in [0.2, 0.25) is 0 Å². The van der Waals surface area contributed by atoms with Gasteiger partial charge in [-0.25, -0.2) is 9.18 Å². The first-order valence-corrected chi connectivity index (χ1v) is 6.93. The second kappa shape index (κ2) is 6.55. The van der Waals surface area contributed by atoms with Crippen molar-refractivity contribution in [3.8, 4) is 0 Å². The third kappa shape index (κ3) is 3.94. The lowest BCUT2D eigenvalue weighted by Gasteiger charge is -2.11. The maximum Gasteiger partial charge on any atom is 0.335 e. The van der Waals surface area contributed by atoms with Crippen molar-refractivity contribution in [2.24, 2.45) is 5.92 Å². The lowest BCUT2D eigenvalue weighted by molar-refractivity contribution is 0.0696. The zero-order chi connectivity index (χ0) is 13.7. The summed E-state index contributed by atoms with van der Waals surface area (Å²) in [6.07, 6.45) is 7.60. The van der Waals surface area contributed by atoms with Gasteiger partial charge in [0.05, 0.1) is 11.3 Å². The van der Waals surface area contributed by atoms with Crippen LogP contribution in [0, 0.1) is 11.7 Å². The molecule has 2 rings (SSSR count). The van der Waals surface area contributed by atoms with E-state index >= 15 is 0 Å². The Balaban J connectivity index is 1.77. The number of nitrogens with one attached hydrogen (secondary N) is 1. The van der Waals surface area contributed by atoms with Gasteiger partial charge >= 0.3 is 5.97 Å². The second-order valence-corrected chi connectivity index (χ2v) is 5.22. The number of hydrogen-bond donors (Lipinski definition) is 2. The average Bonchev–Trinajstić information content (AvgIpc) is 2.89. The molecule has 104 valence electrons. The molecule has 0 atom stereocenters. The molecule has 1 aliphatic carbocycles. The third-order valence-corrected chi connectivity index (χ3v) is 3.80. The summed E-state index contributed by atoms with van der Waals surface area (Å²) in [6, 6.07) is 3.97. The molecule has 0 aliphatic heterocycles. The van der Waals surface area contributed by atoms with Crippen LogP contribution in [0.2, 0.25) is 0 Å².